The Morgan fingerprint density at radius 2 is 1.38 bits per heavy atom. The molecular weight excluding hydrogens is 245 g/mol. The highest BCUT2D eigenvalue weighted by atomic mass is 19.3. The molecular formula is C8H9F7O. The van der Waals surface area contributed by atoms with Crippen molar-refractivity contribution in [3.63, 3.8) is 0 Å². The fourth-order valence-corrected chi connectivity index (χ4v) is 1.44. The quantitative estimate of drug-likeness (QED) is 0.697. The highest BCUT2D eigenvalue weighted by Gasteiger charge is 2.88. The van der Waals surface area contributed by atoms with Gasteiger partial charge in [-0.15, -0.1) is 0 Å². The topological polar surface area (TPSA) is 9.23 Å². The van der Waals surface area contributed by atoms with Gasteiger partial charge in [-0.2, -0.15) is 26.3 Å². The molecule has 16 heavy (non-hydrogen) atoms. The summed E-state index contributed by atoms with van der Waals surface area (Å²) < 4.78 is 92.1. The third-order valence-corrected chi connectivity index (χ3v) is 2.46. The lowest BCUT2D eigenvalue weighted by Gasteiger charge is -2.28. The van der Waals surface area contributed by atoms with E-state index in [4.69, 9.17) is 0 Å². The van der Waals surface area contributed by atoms with Crippen molar-refractivity contribution >= 4 is 0 Å². The lowest BCUT2D eigenvalue weighted by atomic mass is 9.92. The van der Waals surface area contributed by atoms with E-state index < -0.39 is 30.2 Å². The van der Waals surface area contributed by atoms with Gasteiger partial charge in [-0.25, -0.2) is 9.13 Å². The van der Waals surface area contributed by atoms with Crippen LogP contribution in [0.3, 0.4) is 0 Å². The van der Waals surface area contributed by atoms with Crippen LogP contribution in [0.4, 0.5) is 30.7 Å². The minimum absolute atomic E-state index is 0.114. The van der Waals surface area contributed by atoms with E-state index in [2.05, 4.69) is 4.74 Å². The van der Waals surface area contributed by atoms with Crippen LogP contribution in [0.25, 0.3) is 0 Å². The number of ether oxygens (including phenoxy) is 1. The molecule has 0 bridgehead atoms. The van der Waals surface area contributed by atoms with Gasteiger partial charge in [0.25, 0.3) is 5.67 Å². The highest BCUT2D eigenvalue weighted by molar-refractivity contribution is 5.09. The first kappa shape index (κ1) is 13.5. The van der Waals surface area contributed by atoms with Crippen molar-refractivity contribution in [3.8, 4) is 0 Å². The molecule has 1 nitrogen and oxygen atoms in total. The zero-order valence-corrected chi connectivity index (χ0v) is 8.18. The first-order valence-electron chi connectivity index (χ1n) is 4.54. The first-order valence-corrected chi connectivity index (χ1v) is 4.54. The van der Waals surface area contributed by atoms with Crippen molar-refractivity contribution < 1.29 is 35.5 Å². The fraction of sp³-hybridized carbons (Fsp3) is 1.00. The molecule has 1 aliphatic heterocycles. The second-order valence-electron chi connectivity index (χ2n) is 3.61. The van der Waals surface area contributed by atoms with E-state index in [1.807, 2.05) is 0 Å². The Bertz CT molecular complexity index is 278. The van der Waals surface area contributed by atoms with E-state index in [-0.39, 0.29) is 12.8 Å². The Balaban J connectivity index is 3.13. The number of halogens is 7. The molecule has 8 heteroatoms. The Kier molecular flexibility index (Phi) is 2.94. The predicted molar refractivity (Wildman–Crippen MR) is 39.3 cm³/mol. The van der Waals surface area contributed by atoms with E-state index in [1.54, 1.807) is 0 Å². The zero-order valence-electron chi connectivity index (χ0n) is 8.18. The Hall–Kier alpha value is -0.530. The summed E-state index contributed by atoms with van der Waals surface area (Å²) >= 11 is 0. The molecule has 0 N–H and O–H groups in total. The summed E-state index contributed by atoms with van der Waals surface area (Å²) in [6, 6.07) is 0. The van der Waals surface area contributed by atoms with Crippen LogP contribution in [0, 0.1) is 0 Å². The van der Waals surface area contributed by atoms with E-state index in [9.17, 15) is 30.7 Å². The summed E-state index contributed by atoms with van der Waals surface area (Å²) in [5.74, 6) is -5.54. The van der Waals surface area contributed by atoms with Crippen LogP contribution >= 0.6 is 0 Å². The third-order valence-electron chi connectivity index (χ3n) is 2.46. The smallest absolute Gasteiger partial charge is 0.248 e. The van der Waals surface area contributed by atoms with Gasteiger partial charge in [0.2, 0.25) is 0 Å². The molecule has 0 amide bonds. The lowest BCUT2D eigenvalue weighted by Crippen LogP contribution is -2.54. The van der Waals surface area contributed by atoms with Gasteiger partial charge < -0.3 is 0 Å². The van der Waals surface area contributed by atoms with Crippen molar-refractivity contribution in [1.82, 2.24) is 0 Å². The third kappa shape index (κ3) is 1.49. The average molecular weight is 254 g/mol. The summed E-state index contributed by atoms with van der Waals surface area (Å²) in [6.45, 7) is 1.42. The normalized spacial score (nSPS) is 35.2. The summed E-state index contributed by atoms with van der Waals surface area (Å²) in [5, 5.41) is 0. The van der Waals surface area contributed by atoms with E-state index in [0.29, 0.717) is 0 Å². The number of unbranched alkanes of at least 4 members (excludes halogenated alkanes) is 1. The molecule has 1 atom stereocenters. The van der Waals surface area contributed by atoms with E-state index in [0.717, 1.165) is 0 Å². The SMILES string of the molecule is CCCCC1(F)C(F)(F)OC(F)(F)C1(F)F. The van der Waals surface area contributed by atoms with E-state index in [1.165, 1.54) is 6.92 Å². The second kappa shape index (κ2) is 3.48. The maximum absolute atomic E-state index is 13.4. The Morgan fingerprint density at radius 3 is 1.69 bits per heavy atom. The van der Waals surface area contributed by atoms with Gasteiger partial charge in [-0.3, -0.25) is 0 Å². The summed E-state index contributed by atoms with van der Waals surface area (Å²) in [6.07, 6.45) is -12.3. The molecule has 96 valence electrons. The van der Waals surface area contributed by atoms with Crippen LogP contribution < -0.4 is 0 Å². The van der Waals surface area contributed by atoms with Crippen LogP contribution in [0.1, 0.15) is 26.2 Å². The monoisotopic (exact) mass is 254 g/mol. The molecule has 0 aromatic carbocycles. The largest absolute Gasteiger partial charge is 0.427 e. The molecule has 0 spiro atoms. The number of alkyl halides is 7. The highest BCUT2D eigenvalue weighted by Crippen LogP contribution is 2.62. The molecule has 1 fully saturated rings. The predicted octanol–water partition coefficient (Wildman–Crippen LogP) is 3.74. The Morgan fingerprint density at radius 1 is 0.875 bits per heavy atom. The molecule has 1 rings (SSSR count). The minimum atomic E-state index is -5.54. The molecule has 1 unspecified atom stereocenters. The van der Waals surface area contributed by atoms with Crippen LogP contribution in [0.2, 0.25) is 0 Å². The molecule has 0 aromatic heterocycles. The molecule has 1 heterocycles. The summed E-state index contributed by atoms with van der Waals surface area (Å²) in [7, 11) is 0. The molecule has 0 radical (unpaired) electrons. The van der Waals surface area contributed by atoms with Crippen LogP contribution in [0.5, 0.6) is 0 Å². The van der Waals surface area contributed by atoms with Gasteiger partial charge in [0.05, 0.1) is 0 Å². The summed E-state index contributed by atoms with van der Waals surface area (Å²) in [5.41, 5.74) is -4.67. The van der Waals surface area contributed by atoms with Gasteiger partial charge in [0.15, 0.2) is 0 Å². The summed E-state index contributed by atoms with van der Waals surface area (Å²) in [4.78, 5) is 0. The standard InChI is InChI=1S/C8H9F7O/c1-2-3-4-5(9)6(10,11)8(14,15)16-7(5,12)13/h2-4H2,1H3. The van der Waals surface area contributed by atoms with Gasteiger partial charge in [-0.05, 0) is 12.8 Å². The Labute approximate surface area is 86.6 Å². The van der Waals surface area contributed by atoms with Crippen molar-refractivity contribution in [2.24, 2.45) is 0 Å². The van der Waals surface area contributed by atoms with E-state index >= 15 is 0 Å². The number of hydrogen-bond acceptors (Lipinski definition) is 1. The van der Waals surface area contributed by atoms with Crippen molar-refractivity contribution in [2.75, 3.05) is 0 Å². The maximum atomic E-state index is 13.4. The van der Waals surface area contributed by atoms with Gasteiger partial charge in [0, 0.05) is 0 Å². The van der Waals surface area contributed by atoms with Gasteiger partial charge in [0.1, 0.15) is 0 Å². The zero-order chi connectivity index (χ0) is 12.8. The molecule has 0 aromatic rings. The number of rotatable bonds is 3. The second-order valence-corrected chi connectivity index (χ2v) is 3.61. The number of hydrogen-bond donors (Lipinski definition) is 0. The minimum Gasteiger partial charge on any atom is -0.248 e. The van der Waals surface area contributed by atoms with Crippen molar-refractivity contribution in [3.05, 3.63) is 0 Å². The fourth-order valence-electron chi connectivity index (χ4n) is 1.44. The molecule has 0 saturated carbocycles. The van der Waals surface area contributed by atoms with Crippen molar-refractivity contribution in [1.29, 1.82) is 0 Å². The lowest BCUT2D eigenvalue weighted by molar-refractivity contribution is -0.362. The molecule has 1 saturated heterocycles. The molecule has 0 aliphatic carbocycles. The van der Waals surface area contributed by atoms with Crippen LogP contribution in [-0.2, 0) is 4.74 Å². The van der Waals surface area contributed by atoms with Gasteiger partial charge in [-0.1, -0.05) is 13.3 Å². The average Bonchev–Trinajstić information content (AvgIpc) is 2.19. The van der Waals surface area contributed by atoms with Crippen LogP contribution in [-0.4, -0.2) is 23.8 Å². The van der Waals surface area contributed by atoms with Crippen LogP contribution in [0.15, 0.2) is 0 Å². The maximum Gasteiger partial charge on any atom is 0.427 e. The first-order chi connectivity index (χ1) is 7.02. The molecule has 1 aliphatic rings. The van der Waals surface area contributed by atoms with Crippen molar-refractivity contribution in [2.45, 2.75) is 50.0 Å². The van der Waals surface area contributed by atoms with Gasteiger partial charge >= 0.3 is 18.1 Å².